The van der Waals surface area contributed by atoms with E-state index in [2.05, 4.69) is 5.32 Å². The van der Waals surface area contributed by atoms with Crippen LogP contribution in [0.2, 0.25) is 0 Å². The summed E-state index contributed by atoms with van der Waals surface area (Å²) in [5.41, 5.74) is 3.91. The molecule has 34 heavy (non-hydrogen) atoms. The number of carbonyl (C=O) groups is 1. The molecule has 1 amide bonds. The van der Waals surface area contributed by atoms with E-state index in [0.29, 0.717) is 12.2 Å². The Labute approximate surface area is 205 Å². The number of aliphatic hydroxyl groups is 1. The average Bonchev–Trinajstić information content (AvgIpc) is 3.36. The Morgan fingerprint density at radius 1 is 1.03 bits per heavy atom. The number of nitrogens with one attached hydrogen (secondary N) is 1. The van der Waals surface area contributed by atoms with Crippen molar-refractivity contribution in [3.05, 3.63) is 90.0 Å². The lowest BCUT2D eigenvalue weighted by Crippen LogP contribution is -2.45. The van der Waals surface area contributed by atoms with Gasteiger partial charge in [-0.15, -0.1) is 11.8 Å². The predicted molar refractivity (Wildman–Crippen MR) is 136 cm³/mol. The molecule has 2 N–H and O–H groups in total. The van der Waals surface area contributed by atoms with Crippen molar-refractivity contribution in [3.8, 4) is 11.1 Å². The molecule has 1 fully saturated rings. The highest BCUT2D eigenvalue weighted by atomic mass is 32.2. The van der Waals surface area contributed by atoms with Crippen LogP contribution in [0.15, 0.2) is 83.8 Å². The van der Waals surface area contributed by atoms with E-state index in [9.17, 15) is 18.3 Å². The second kappa shape index (κ2) is 10.7. The molecule has 1 saturated heterocycles. The van der Waals surface area contributed by atoms with Gasteiger partial charge in [0.2, 0.25) is 15.9 Å². The SMILES string of the molecule is Cc1ccc([C@H](CCO)NC(=O)[C@@H]2SCCN2S(=O)(=O)c2ccc(-c3ccccc3)cc2)cc1. The smallest absolute Gasteiger partial charge is 0.249 e. The van der Waals surface area contributed by atoms with Gasteiger partial charge < -0.3 is 10.4 Å². The summed E-state index contributed by atoms with van der Waals surface area (Å²) >= 11 is 1.31. The maximum absolute atomic E-state index is 13.4. The van der Waals surface area contributed by atoms with Gasteiger partial charge in [0.1, 0.15) is 5.37 Å². The van der Waals surface area contributed by atoms with Gasteiger partial charge >= 0.3 is 0 Å². The van der Waals surface area contributed by atoms with E-state index >= 15 is 0 Å². The van der Waals surface area contributed by atoms with Gasteiger partial charge in [-0.05, 0) is 42.2 Å². The van der Waals surface area contributed by atoms with E-state index in [1.165, 1.54) is 16.1 Å². The summed E-state index contributed by atoms with van der Waals surface area (Å²) in [5, 5.41) is 11.6. The summed E-state index contributed by atoms with van der Waals surface area (Å²) in [7, 11) is -3.85. The van der Waals surface area contributed by atoms with Crippen molar-refractivity contribution in [2.45, 2.75) is 29.7 Å². The van der Waals surface area contributed by atoms with Crippen LogP contribution in [0, 0.1) is 6.92 Å². The van der Waals surface area contributed by atoms with Crippen molar-refractivity contribution in [2.24, 2.45) is 0 Å². The number of aliphatic hydroxyl groups excluding tert-OH is 1. The quantitative estimate of drug-likeness (QED) is 0.493. The summed E-state index contributed by atoms with van der Waals surface area (Å²) in [6.45, 7) is 2.15. The highest BCUT2D eigenvalue weighted by molar-refractivity contribution is 8.02. The van der Waals surface area contributed by atoms with Gasteiger partial charge in [0.15, 0.2) is 0 Å². The number of carbonyl (C=O) groups excluding carboxylic acids is 1. The predicted octanol–water partition coefficient (Wildman–Crippen LogP) is 3.97. The molecule has 2 atom stereocenters. The molecule has 0 spiro atoms. The number of amides is 1. The molecule has 0 aromatic heterocycles. The fraction of sp³-hybridized carbons (Fsp3) is 0.269. The highest BCUT2D eigenvalue weighted by Crippen LogP contribution is 2.32. The van der Waals surface area contributed by atoms with Crippen LogP contribution in [-0.4, -0.2) is 48.0 Å². The van der Waals surface area contributed by atoms with Crippen LogP contribution in [0.3, 0.4) is 0 Å². The van der Waals surface area contributed by atoms with Gasteiger partial charge in [0.25, 0.3) is 0 Å². The molecule has 1 heterocycles. The third kappa shape index (κ3) is 5.36. The number of hydrogen-bond acceptors (Lipinski definition) is 5. The largest absolute Gasteiger partial charge is 0.396 e. The third-order valence-corrected chi connectivity index (χ3v) is 9.07. The normalized spacial score (nSPS) is 17.4. The summed E-state index contributed by atoms with van der Waals surface area (Å²) in [4.78, 5) is 13.3. The summed E-state index contributed by atoms with van der Waals surface area (Å²) in [6.07, 6.45) is 0.347. The van der Waals surface area contributed by atoms with Gasteiger partial charge in [0.05, 0.1) is 10.9 Å². The Hall–Kier alpha value is -2.65. The Morgan fingerprint density at radius 2 is 1.68 bits per heavy atom. The molecule has 0 bridgehead atoms. The fourth-order valence-corrected chi connectivity index (χ4v) is 7.07. The molecule has 3 aromatic carbocycles. The minimum atomic E-state index is -3.85. The average molecular weight is 497 g/mol. The number of benzene rings is 3. The molecule has 0 unspecified atom stereocenters. The molecule has 4 rings (SSSR count). The zero-order chi connectivity index (χ0) is 24.1. The van der Waals surface area contributed by atoms with Crippen molar-refractivity contribution in [3.63, 3.8) is 0 Å². The molecule has 8 heteroatoms. The van der Waals surface area contributed by atoms with Crippen LogP contribution in [0.4, 0.5) is 0 Å². The molecule has 0 saturated carbocycles. The first-order chi connectivity index (χ1) is 16.4. The first-order valence-electron chi connectivity index (χ1n) is 11.2. The van der Waals surface area contributed by atoms with Gasteiger partial charge in [-0.2, -0.15) is 4.31 Å². The maximum Gasteiger partial charge on any atom is 0.249 e. The van der Waals surface area contributed by atoms with Crippen molar-refractivity contribution < 1.29 is 18.3 Å². The highest BCUT2D eigenvalue weighted by Gasteiger charge is 2.40. The zero-order valence-electron chi connectivity index (χ0n) is 18.9. The molecule has 1 aliphatic rings. The van der Waals surface area contributed by atoms with E-state index in [-0.39, 0.29) is 24.0 Å². The second-order valence-electron chi connectivity index (χ2n) is 8.21. The zero-order valence-corrected chi connectivity index (χ0v) is 20.6. The number of thioether (sulfide) groups is 1. The van der Waals surface area contributed by atoms with Crippen LogP contribution in [0.5, 0.6) is 0 Å². The van der Waals surface area contributed by atoms with E-state index in [0.717, 1.165) is 22.3 Å². The lowest BCUT2D eigenvalue weighted by atomic mass is 10.0. The fourth-order valence-electron chi connectivity index (χ4n) is 3.99. The van der Waals surface area contributed by atoms with Gasteiger partial charge in [-0.1, -0.05) is 72.3 Å². The molecule has 6 nitrogen and oxygen atoms in total. The number of nitrogens with zero attached hydrogens (tertiary/aromatic N) is 1. The van der Waals surface area contributed by atoms with Crippen molar-refractivity contribution in [2.75, 3.05) is 18.9 Å². The van der Waals surface area contributed by atoms with Crippen molar-refractivity contribution in [1.29, 1.82) is 0 Å². The van der Waals surface area contributed by atoms with E-state index in [1.807, 2.05) is 61.5 Å². The van der Waals surface area contributed by atoms with Crippen LogP contribution in [0.1, 0.15) is 23.6 Å². The van der Waals surface area contributed by atoms with E-state index < -0.39 is 21.4 Å². The van der Waals surface area contributed by atoms with Crippen LogP contribution >= 0.6 is 11.8 Å². The lowest BCUT2D eigenvalue weighted by molar-refractivity contribution is -0.123. The first kappa shape index (κ1) is 24.5. The Balaban J connectivity index is 1.52. The van der Waals surface area contributed by atoms with Crippen LogP contribution < -0.4 is 5.32 Å². The van der Waals surface area contributed by atoms with E-state index in [1.54, 1.807) is 24.3 Å². The van der Waals surface area contributed by atoms with Gasteiger partial charge in [0, 0.05) is 18.9 Å². The standard InChI is InChI=1S/C26H28N2O4S2/c1-19-7-9-22(10-8-19)24(15-17-29)27-25(30)26-28(16-18-33-26)34(31,32)23-13-11-21(12-14-23)20-5-3-2-4-6-20/h2-14,24,26,29H,15-18H2,1H3,(H,27,30)/t24-,26-/m0/s1. The maximum atomic E-state index is 13.4. The molecular formula is C26H28N2O4S2. The molecule has 1 aliphatic heterocycles. The summed E-state index contributed by atoms with van der Waals surface area (Å²) in [6, 6.07) is 23.8. The number of hydrogen-bond donors (Lipinski definition) is 2. The van der Waals surface area contributed by atoms with Crippen LogP contribution in [0.25, 0.3) is 11.1 Å². The molecule has 178 valence electrons. The topological polar surface area (TPSA) is 86.7 Å². The lowest BCUT2D eigenvalue weighted by Gasteiger charge is -2.25. The van der Waals surface area contributed by atoms with Crippen molar-refractivity contribution >= 4 is 27.7 Å². The van der Waals surface area contributed by atoms with Crippen molar-refractivity contribution in [1.82, 2.24) is 9.62 Å². The van der Waals surface area contributed by atoms with E-state index in [4.69, 9.17) is 0 Å². The number of sulfonamides is 1. The summed E-state index contributed by atoms with van der Waals surface area (Å²) in [5.74, 6) is 0.167. The minimum absolute atomic E-state index is 0.0909. The monoisotopic (exact) mass is 496 g/mol. The van der Waals surface area contributed by atoms with Gasteiger partial charge in [-0.25, -0.2) is 8.42 Å². The molecule has 0 aliphatic carbocycles. The Morgan fingerprint density at radius 3 is 2.32 bits per heavy atom. The van der Waals surface area contributed by atoms with Crippen LogP contribution in [-0.2, 0) is 14.8 Å². The third-order valence-electron chi connectivity index (χ3n) is 5.86. The number of aryl methyl sites for hydroxylation is 1. The first-order valence-corrected chi connectivity index (χ1v) is 13.7. The Bertz CT molecular complexity index is 1210. The molecular weight excluding hydrogens is 468 g/mol. The number of rotatable bonds is 8. The Kier molecular flexibility index (Phi) is 7.73. The van der Waals surface area contributed by atoms with Gasteiger partial charge in [-0.3, -0.25) is 4.79 Å². The minimum Gasteiger partial charge on any atom is -0.396 e. The second-order valence-corrected chi connectivity index (χ2v) is 11.3. The molecule has 0 radical (unpaired) electrons. The summed E-state index contributed by atoms with van der Waals surface area (Å²) < 4.78 is 28.1. The molecule has 3 aromatic rings.